The number of imidazole rings is 1. The van der Waals surface area contributed by atoms with Crippen molar-refractivity contribution < 1.29 is 18.7 Å². The van der Waals surface area contributed by atoms with Crippen molar-refractivity contribution in [3.05, 3.63) is 41.6 Å². The highest BCUT2D eigenvalue weighted by molar-refractivity contribution is 5.99. The van der Waals surface area contributed by atoms with Crippen molar-refractivity contribution in [1.82, 2.24) is 29.3 Å². The Morgan fingerprint density at radius 3 is 2.80 bits per heavy atom. The minimum Gasteiger partial charge on any atom is -0.491 e. The smallest absolute Gasteiger partial charge is 0.255 e. The third-order valence-electron chi connectivity index (χ3n) is 8.41. The van der Waals surface area contributed by atoms with Crippen molar-refractivity contribution in [1.29, 1.82) is 0 Å². The van der Waals surface area contributed by atoms with Gasteiger partial charge in [-0.25, -0.2) is 9.97 Å². The van der Waals surface area contributed by atoms with Gasteiger partial charge in [-0.05, 0) is 43.4 Å². The Balaban J connectivity index is 1.29. The molecule has 1 unspecified atom stereocenters. The van der Waals surface area contributed by atoms with Crippen LogP contribution in [0.2, 0.25) is 0 Å². The minimum absolute atomic E-state index is 0.0810. The van der Waals surface area contributed by atoms with E-state index < -0.39 is 6.67 Å². The first-order chi connectivity index (χ1) is 19.5. The number of pyridine rings is 1. The van der Waals surface area contributed by atoms with E-state index in [2.05, 4.69) is 22.0 Å². The molecule has 1 saturated carbocycles. The first kappa shape index (κ1) is 25.0. The first-order valence-electron chi connectivity index (χ1n) is 14.2. The third kappa shape index (κ3) is 4.39. The molecule has 1 atom stereocenters. The Kier molecular flexibility index (Phi) is 6.20. The van der Waals surface area contributed by atoms with Gasteiger partial charge in [-0.2, -0.15) is 0 Å². The van der Waals surface area contributed by atoms with E-state index in [4.69, 9.17) is 14.7 Å². The molecule has 0 radical (unpaired) electrons. The summed E-state index contributed by atoms with van der Waals surface area (Å²) in [5.41, 5.74) is 4.80. The summed E-state index contributed by atoms with van der Waals surface area (Å²) in [6.45, 7) is 2.54. The molecule has 7 rings (SSSR count). The highest BCUT2D eigenvalue weighted by Gasteiger charge is 2.30. The molecular formula is C30H33FN6O3. The fraction of sp³-hybridized carbons (Fsp3) is 0.467. The standard InChI is InChI=1S/C30H33FN6O3/c1-35-28-23(14-21-22(33-28)8-11-36(30(21)39)10-3-9-31)34-29(35)24-13-20-4-2-5-25(27(20)37(24)16-18-6-7-18)40-17-19-12-26(38)32-15-19/h2,4-5,13-14,18-19H,3,6-12,15-17H2,1H3,(H,32,38). The molecule has 3 aliphatic rings. The normalized spacial score (nSPS) is 19.1. The molecule has 2 fully saturated rings. The fourth-order valence-electron chi connectivity index (χ4n) is 6.06. The zero-order valence-corrected chi connectivity index (χ0v) is 22.7. The van der Waals surface area contributed by atoms with Crippen molar-refractivity contribution >= 4 is 33.9 Å². The Labute approximate surface area is 231 Å². The average molecular weight is 545 g/mol. The van der Waals surface area contributed by atoms with Crippen LogP contribution in [-0.2, 0) is 24.8 Å². The van der Waals surface area contributed by atoms with Gasteiger partial charge in [-0.1, -0.05) is 12.1 Å². The Hall–Kier alpha value is -3.95. The molecule has 0 spiro atoms. The zero-order valence-electron chi connectivity index (χ0n) is 22.7. The van der Waals surface area contributed by atoms with Gasteiger partial charge in [0.15, 0.2) is 11.5 Å². The van der Waals surface area contributed by atoms with E-state index in [1.54, 1.807) is 4.90 Å². The van der Waals surface area contributed by atoms with Gasteiger partial charge in [-0.3, -0.25) is 14.0 Å². The molecule has 10 heteroatoms. The summed E-state index contributed by atoms with van der Waals surface area (Å²) in [5, 5.41) is 3.96. The number of hydrogen-bond acceptors (Lipinski definition) is 5. The van der Waals surface area contributed by atoms with Crippen molar-refractivity contribution in [3.63, 3.8) is 0 Å². The molecule has 40 heavy (non-hydrogen) atoms. The highest BCUT2D eigenvalue weighted by atomic mass is 19.1. The number of benzene rings is 1. The summed E-state index contributed by atoms with van der Waals surface area (Å²) >= 11 is 0. The van der Waals surface area contributed by atoms with E-state index in [0.717, 1.165) is 46.1 Å². The van der Waals surface area contributed by atoms with Gasteiger partial charge in [0.2, 0.25) is 5.91 Å². The maximum Gasteiger partial charge on any atom is 0.255 e. The van der Waals surface area contributed by atoms with Gasteiger partial charge in [0.05, 0.1) is 35.7 Å². The summed E-state index contributed by atoms with van der Waals surface area (Å²) < 4.78 is 23.4. The number of ether oxygens (including phenoxy) is 1. The number of para-hydroxylation sites is 1. The van der Waals surface area contributed by atoms with Crippen LogP contribution in [0.1, 0.15) is 41.7 Å². The molecule has 3 aromatic heterocycles. The second kappa shape index (κ2) is 9.91. The minimum atomic E-state index is -0.434. The molecule has 2 amide bonds. The number of nitrogens with one attached hydrogen (secondary N) is 1. The van der Waals surface area contributed by atoms with Crippen LogP contribution in [0.4, 0.5) is 4.39 Å². The molecule has 5 heterocycles. The molecule has 0 bridgehead atoms. The monoisotopic (exact) mass is 544 g/mol. The number of carbonyl (C=O) groups excluding carboxylic acids is 2. The second-order valence-electron chi connectivity index (χ2n) is 11.4. The number of aryl methyl sites for hydroxylation is 1. The first-order valence-corrected chi connectivity index (χ1v) is 14.2. The van der Waals surface area contributed by atoms with Crippen LogP contribution in [0.5, 0.6) is 5.75 Å². The number of carbonyl (C=O) groups is 2. The van der Waals surface area contributed by atoms with Gasteiger partial charge in [0.1, 0.15) is 11.3 Å². The van der Waals surface area contributed by atoms with E-state index in [-0.39, 0.29) is 17.7 Å². The van der Waals surface area contributed by atoms with Gasteiger partial charge in [0, 0.05) is 57.4 Å². The average Bonchev–Trinajstić information content (AvgIpc) is 3.43. The van der Waals surface area contributed by atoms with Crippen molar-refractivity contribution in [2.24, 2.45) is 18.9 Å². The van der Waals surface area contributed by atoms with Crippen molar-refractivity contribution in [2.45, 2.75) is 38.6 Å². The maximum atomic E-state index is 13.1. The van der Waals surface area contributed by atoms with Gasteiger partial charge in [-0.15, -0.1) is 0 Å². The number of alkyl halides is 1. The van der Waals surface area contributed by atoms with Gasteiger partial charge in [0.25, 0.3) is 5.91 Å². The lowest BCUT2D eigenvalue weighted by atomic mass is 10.0. The number of aromatic nitrogens is 4. The maximum absolute atomic E-state index is 13.1. The molecule has 1 aromatic carbocycles. The zero-order chi connectivity index (χ0) is 27.4. The molecule has 1 N–H and O–H groups in total. The Morgan fingerprint density at radius 1 is 1.15 bits per heavy atom. The Morgan fingerprint density at radius 2 is 2.02 bits per heavy atom. The summed E-state index contributed by atoms with van der Waals surface area (Å²) in [4.78, 5) is 36.4. The lowest BCUT2D eigenvalue weighted by Gasteiger charge is -2.27. The predicted molar refractivity (Wildman–Crippen MR) is 149 cm³/mol. The van der Waals surface area contributed by atoms with Crippen molar-refractivity contribution in [3.8, 4) is 17.3 Å². The molecule has 2 aliphatic heterocycles. The quantitative estimate of drug-likeness (QED) is 0.345. The van der Waals surface area contributed by atoms with Crippen LogP contribution >= 0.6 is 0 Å². The number of nitrogens with zero attached hydrogens (tertiary/aromatic N) is 5. The lowest BCUT2D eigenvalue weighted by molar-refractivity contribution is -0.119. The van der Waals surface area contributed by atoms with Crippen LogP contribution in [0.3, 0.4) is 0 Å². The fourth-order valence-corrected chi connectivity index (χ4v) is 6.06. The number of hydrogen-bond donors (Lipinski definition) is 1. The number of amides is 2. The molecule has 9 nitrogen and oxygen atoms in total. The molecular weight excluding hydrogens is 511 g/mol. The van der Waals surface area contributed by atoms with Gasteiger partial charge >= 0.3 is 0 Å². The van der Waals surface area contributed by atoms with Crippen LogP contribution in [-0.4, -0.2) is 68.7 Å². The van der Waals surface area contributed by atoms with E-state index >= 15 is 0 Å². The Bertz CT molecular complexity index is 1640. The number of rotatable bonds is 9. The second-order valence-corrected chi connectivity index (χ2v) is 11.4. The number of halogens is 1. The summed E-state index contributed by atoms with van der Waals surface area (Å²) in [6.07, 6.45) is 3.90. The SMILES string of the molecule is Cn1c(-c2cc3cccc(OCC4CNC(=O)C4)c3n2CC2CC2)nc2cc3c(nc21)CCN(CCCF)C3=O. The van der Waals surface area contributed by atoms with E-state index in [9.17, 15) is 14.0 Å². The predicted octanol–water partition coefficient (Wildman–Crippen LogP) is 3.87. The molecule has 1 saturated heterocycles. The molecule has 4 aromatic rings. The largest absolute Gasteiger partial charge is 0.491 e. The summed E-state index contributed by atoms with van der Waals surface area (Å²) in [7, 11) is 1.98. The highest BCUT2D eigenvalue weighted by Crippen LogP contribution is 2.39. The summed E-state index contributed by atoms with van der Waals surface area (Å²) in [6, 6.07) is 10.1. The topological polar surface area (TPSA) is 94.3 Å². The van der Waals surface area contributed by atoms with Crippen LogP contribution < -0.4 is 10.1 Å². The van der Waals surface area contributed by atoms with E-state index in [1.165, 1.54) is 12.8 Å². The lowest BCUT2D eigenvalue weighted by Crippen LogP contribution is -2.38. The van der Waals surface area contributed by atoms with Crippen molar-refractivity contribution in [2.75, 3.05) is 32.9 Å². The van der Waals surface area contributed by atoms with Crippen LogP contribution in [0, 0.1) is 11.8 Å². The molecule has 1 aliphatic carbocycles. The summed E-state index contributed by atoms with van der Waals surface area (Å²) in [5.74, 6) is 2.38. The number of fused-ring (bicyclic) bond motifs is 3. The van der Waals surface area contributed by atoms with E-state index in [0.29, 0.717) is 62.5 Å². The van der Waals surface area contributed by atoms with Crippen LogP contribution in [0.15, 0.2) is 30.3 Å². The van der Waals surface area contributed by atoms with Crippen LogP contribution in [0.25, 0.3) is 33.6 Å². The van der Waals surface area contributed by atoms with E-state index in [1.807, 2.05) is 29.8 Å². The molecule has 208 valence electrons. The van der Waals surface area contributed by atoms with Gasteiger partial charge < -0.3 is 24.1 Å². The third-order valence-corrected chi connectivity index (χ3v) is 8.41.